The molecule has 2 N–H and O–H groups in total. The van der Waals surface area contributed by atoms with E-state index in [0.29, 0.717) is 19.5 Å². The molecule has 0 unspecified atom stereocenters. The average Bonchev–Trinajstić information content (AvgIpc) is 2.98. The highest BCUT2D eigenvalue weighted by atomic mass is 16.2. The van der Waals surface area contributed by atoms with Gasteiger partial charge in [-0.25, -0.2) is 9.48 Å². The van der Waals surface area contributed by atoms with Crippen LogP contribution in [-0.4, -0.2) is 46.3 Å². The second kappa shape index (κ2) is 10.3. The Morgan fingerprint density at radius 3 is 2.70 bits per heavy atom. The summed E-state index contributed by atoms with van der Waals surface area (Å²) in [5, 5.41) is 10.4. The molecule has 7 heteroatoms. The molecule has 1 aliphatic rings. The minimum atomic E-state index is -0.202. The van der Waals surface area contributed by atoms with Crippen molar-refractivity contribution >= 4 is 11.9 Å². The van der Waals surface area contributed by atoms with Gasteiger partial charge in [0.2, 0.25) is 5.91 Å². The highest BCUT2D eigenvalue weighted by Crippen LogP contribution is 2.20. The molecule has 1 fully saturated rings. The summed E-state index contributed by atoms with van der Waals surface area (Å²) in [5.41, 5.74) is 4.20. The molecular formula is C23H33N5O2. The van der Waals surface area contributed by atoms with Gasteiger partial charge in [0, 0.05) is 37.3 Å². The van der Waals surface area contributed by atoms with Crippen molar-refractivity contribution in [2.75, 3.05) is 19.6 Å². The minimum Gasteiger partial charge on any atom is -0.343 e. The van der Waals surface area contributed by atoms with E-state index in [0.717, 1.165) is 49.2 Å². The van der Waals surface area contributed by atoms with Crippen molar-refractivity contribution < 1.29 is 9.59 Å². The highest BCUT2D eigenvalue weighted by Gasteiger charge is 2.17. The Labute approximate surface area is 178 Å². The summed E-state index contributed by atoms with van der Waals surface area (Å²) in [5.74, 6) is 0.242. The standard InChI is InChI=1S/C23H33N5O2/c1-17-9-11-20(12-10-17)28-19(3)21(16-25-28)18(2)26-23(30)24-13-7-15-27-14-6-4-5-8-22(27)29/h9-12,16,18H,4-8,13-15H2,1-3H3,(H2,24,26,30)/t18-/m1/s1. The van der Waals surface area contributed by atoms with Crippen molar-refractivity contribution in [3.8, 4) is 5.69 Å². The molecule has 0 bridgehead atoms. The molecule has 1 aliphatic heterocycles. The van der Waals surface area contributed by atoms with Crippen LogP contribution in [0.3, 0.4) is 0 Å². The summed E-state index contributed by atoms with van der Waals surface area (Å²) < 4.78 is 1.89. The van der Waals surface area contributed by atoms with Crippen LogP contribution >= 0.6 is 0 Å². The molecule has 1 atom stereocenters. The Hall–Kier alpha value is -2.83. The molecule has 30 heavy (non-hydrogen) atoms. The number of aryl methyl sites for hydroxylation is 1. The number of carbonyl (C=O) groups is 2. The number of nitrogens with one attached hydrogen (secondary N) is 2. The van der Waals surface area contributed by atoms with Gasteiger partial charge in [-0.05, 0) is 52.2 Å². The van der Waals surface area contributed by atoms with E-state index in [9.17, 15) is 9.59 Å². The van der Waals surface area contributed by atoms with Gasteiger partial charge in [-0.1, -0.05) is 24.1 Å². The van der Waals surface area contributed by atoms with Gasteiger partial charge in [-0.2, -0.15) is 5.10 Å². The maximum absolute atomic E-state index is 12.3. The number of rotatable bonds is 7. The van der Waals surface area contributed by atoms with E-state index < -0.39 is 0 Å². The topological polar surface area (TPSA) is 79.3 Å². The number of amides is 3. The number of hydrogen-bond donors (Lipinski definition) is 2. The first-order chi connectivity index (χ1) is 14.5. The van der Waals surface area contributed by atoms with Crippen LogP contribution < -0.4 is 10.6 Å². The van der Waals surface area contributed by atoms with Crippen molar-refractivity contribution in [2.24, 2.45) is 0 Å². The third kappa shape index (κ3) is 5.62. The van der Waals surface area contributed by atoms with E-state index in [1.54, 1.807) is 0 Å². The average molecular weight is 412 g/mol. The number of likely N-dealkylation sites (tertiary alicyclic amines) is 1. The van der Waals surface area contributed by atoms with Crippen molar-refractivity contribution in [3.05, 3.63) is 47.3 Å². The van der Waals surface area contributed by atoms with E-state index in [4.69, 9.17) is 0 Å². The molecule has 7 nitrogen and oxygen atoms in total. The van der Waals surface area contributed by atoms with Gasteiger partial charge in [-0.3, -0.25) is 4.79 Å². The Bertz CT molecular complexity index is 859. The zero-order valence-electron chi connectivity index (χ0n) is 18.3. The maximum Gasteiger partial charge on any atom is 0.315 e. The van der Waals surface area contributed by atoms with Crippen LogP contribution in [0.15, 0.2) is 30.5 Å². The first-order valence-electron chi connectivity index (χ1n) is 10.9. The van der Waals surface area contributed by atoms with Crippen LogP contribution in [0.5, 0.6) is 0 Å². The van der Waals surface area contributed by atoms with Gasteiger partial charge in [0.25, 0.3) is 0 Å². The minimum absolute atomic E-state index is 0.156. The Kier molecular flexibility index (Phi) is 7.49. The number of carbonyl (C=O) groups excluding carboxylic acids is 2. The summed E-state index contributed by atoms with van der Waals surface area (Å²) in [4.78, 5) is 26.2. The fraction of sp³-hybridized carbons (Fsp3) is 0.522. The van der Waals surface area contributed by atoms with Crippen LogP contribution in [0.2, 0.25) is 0 Å². The molecule has 3 amide bonds. The van der Waals surface area contributed by atoms with Gasteiger partial charge in [0.15, 0.2) is 0 Å². The Morgan fingerprint density at radius 1 is 1.17 bits per heavy atom. The molecule has 2 aromatic rings. The molecule has 1 aromatic heterocycles. The SMILES string of the molecule is Cc1ccc(-n2ncc([C@@H](C)NC(=O)NCCCN3CCCCCC3=O)c2C)cc1. The Morgan fingerprint density at radius 2 is 1.93 bits per heavy atom. The summed E-state index contributed by atoms with van der Waals surface area (Å²) in [6.07, 6.45) is 6.42. The second-order valence-corrected chi connectivity index (χ2v) is 8.10. The molecule has 3 rings (SSSR count). The summed E-state index contributed by atoms with van der Waals surface area (Å²) in [6.45, 7) is 8.12. The largest absolute Gasteiger partial charge is 0.343 e. The van der Waals surface area contributed by atoms with E-state index in [2.05, 4.69) is 34.8 Å². The zero-order chi connectivity index (χ0) is 21.5. The molecule has 0 aliphatic carbocycles. The van der Waals surface area contributed by atoms with Gasteiger partial charge >= 0.3 is 6.03 Å². The number of aromatic nitrogens is 2. The van der Waals surface area contributed by atoms with E-state index >= 15 is 0 Å². The number of benzene rings is 1. The number of nitrogens with zero attached hydrogens (tertiary/aromatic N) is 3. The summed E-state index contributed by atoms with van der Waals surface area (Å²) >= 11 is 0. The molecule has 162 valence electrons. The predicted octanol–water partition coefficient (Wildman–Crippen LogP) is 3.64. The second-order valence-electron chi connectivity index (χ2n) is 8.10. The van der Waals surface area contributed by atoms with E-state index in [1.165, 1.54) is 5.56 Å². The van der Waals surface area contributed by atoms with E-state index in [1.807, 2.05) is 41.8 Å². The predicted molar refractivity (Wildman–Crippen MR) is 118 cm³/mol. The van der Waals surface area contributed by atoms with Crippen LogP contribution in [0.25, 0.3) is 5.69 Å². The molecular weight excluding hydrogens is 378 g/mol. The monoisotopic (exact) mass is 411 g/mol. The van der Waals surface area contributed by atoms with Crippen molar-refractivity contribution in [3.63, 3.8) is 0 Å². The Balaban J connectivity index is 1.46. The lowest BCUT2D eigenvalue weighted by Crippen LogP contribution is -2.39. The van der Waals surface area contributed by atoms with Crippen LogP contribution in [0.1, 0.15) is 61.9 Å². The van der Waals surface area contributed by atoms with Gasteiger partial charge in [-0.15, -0.1) is 0 Å². The fourth-order valence-electron chi connectivity index (χ4n) is 3.87. The normalized spacial score (nSPS) is 15.6. The van der Waals surface area contributed by atoms with E-state index in [-0.39, 0.29) is 18.0 Å². The maximum atomic E-state index is 12.3. The molecule has 0 saturated carbocycles. The lowest BCUT2D eigenvalue weighted by molar-refractivity contribution is -0.130. The lowest BCUT2D eigenvalue weighted by Gasteiger charge is -2.20. The zero-order valence-corrected chi connectivity index (χ0v) is 18.3. The summed E-state index contributed by atoms with van der Waals surface area (Å²) in [6, 6.07) is 7.84. The van der Waals surface area contributed by atoms with Crippen molar-refractivity contribution in [1.82, 2.24) is 25.3 Å². The molecule has 0 radical (unpaired) electrons. The third-order valence-corrected chi connectivity index (χ3v) is 5.70. The highest BCUT2D eigenvalue weighted by molar-refractivity contribution is 5.76. The van der Waals surface area contributed by atoms with Gasteiger partial charge in [0.05, 0.1) is 17.9 Å². The lowest BCUT2D eigenvalue weighted by atomic mass is 10.1. The molecule has 0 spiro atoms. The summed E-state index contributed by atoms with van der Waals surface area (Å²) in [7, 11) is 0. The number of urea groups is 1. The van der Waals surface area contributed by atoms with Crippen LogP contribution in [0, 0.1) is 13.8 Å². The fourth-order valence-corrected chi connectivity index (χ4v) is 3.87. The molecule has 1 saturated heterocycles. The molecule has 2 heterocycles. The van der Waals surface area contributed by atoms with Crippen molar-refractivity contribution in [2.45, 2.75) is 58.9 Å². The van der Waals surface area contributed by atoms with Crippen molar-refractivity contribution in [1.29, 1.82) is 0 Å². The number of hydrogen-bond acceptors (Lipinski definition) is 3. The van der Waals surface area contributed by atoms with Crippen LogP contribution in [-0.2, 0) is 4.79 Å². The molecule has 1 aromatic carbocycles. The first kappa shape index (κ1) is 21.9. The van der Waals surface area contributed by atoms with Crippen LogP contribution in [0.4, 0.5) is 4.79 Å². The van der Waals surface area contributed by atoms with Gasteiger partial charge in [0.1, 0.15) is 0 Å². The first-order valence-corrected chi connectivity index (χ1v) is 10.9. The third-order valence-electron chi connectivity index (χ3n) is 5.70. The quantitative estimate of drug-likeness (QED) is 0.683. The van der Waals surface area contributed by atoms with Gasteiger partial charge < -0.3 is 15.5 Å². The smallest absolute Gasteiger partial charge is 0.315 e.